The molecule has 1 unspecified atom stereocenters. The molecule has 0 spiro atoms. The number of esters is 3. The topological polar surface area (TPSA) is 78.9 Å². The third-order valence-corrected chi connectivity index (χ3v) is 10.2. The Morgan fingerprint density at radius 2 is 0.641 bits per heavy atom. The van der Waals surface area contributed by atoms with E-state index in [0.29, 0.717) is 19.3 Å². The largest absolute Gasteiger partial charge is 0.462 e. The SMILES string of the molecule is CC/C=C\C/C=C\C/C=C\C/C=C\C/C=C\C/C=C\CCCCCCCCC(=O)OCC(COC(=O)CCCCCCCCCC)OC(=O)CC/C=C\C/C=C\C/C=C\C/C=C\CC. The molecular weight excluding hydrogens is 793 g/mol. The van der Waals surface area contributed by atoms with Gasteiger partial charge in [0.15, 0.2) is 6.10 Å². The Morgan fingerprint density at radius 3 is 1.02 bits per heavy atom. The van der Waals surface area contributed by atoms with Gasteiger partial charge in [-0.15, -0.1) is 0 Å². The summed E-state index contributed by atoms with van der Waals surface area (Å²) in [5.74, 6) is -1.03. The lowest BCUT2D eigenvalue weighted by atomic mass is 10.1. The third-order valence-electron chi connectivity index (χ3n) is 10.2. The second-order valence-electron chi connectivity index (χ2n) is 16.3. The van der Waals surface area contributed by atoms with Gasteiger partial charge in [0.05, 0.1) is 0 Å². The minimum atomic E-state index is -0.822. The number of carbonyl (C=O) groups excluding carboxylic acids is 3. The maximum absolute atomic E-state index is 12.7. The van der Waals surface area contributed by atoms with Gasteiger partial charge in [-0.25, -0.2) is 0 Å². The smallest absolute Gasteiger partial charge is 0.306 e. The molecule has 0 aromatic carbocycles. The van der Waals surface area contributed by atoms with E-state index in [-0.39, 0.29) is 31.6 Å². The molecular formula is C58H92O6. The fraction of sp³-hybridized carbons (Fsp3) is 0.603. The molecule has 0 aromatic rings. The molecule has 6 heteroatoms. The Bertz CT molecular complexity index is 1390. The van der Waals surface area contributed by atoms with Crippen LogP contribution in [0.2, 0.25) is 0 Å². The quantitative estimate of drug-likeness (QED) is 0.0262. The van der Waals surface area contributed by atoms with E-state index < -0.39 is 12.1 Å². The van der Waals surface area contributed by atoms with Gasteiger partial charge in [0.2, 0.25) is 0 Å². The minimum Gasteiger partial charge on any atom is -0.462 e. The van der Waals surface area contributed by atoms with Crippen LogP contribution >= 0.6 is 0 Å². The molecule has 0 bridgehead atoms. The molecule has 1 atom stereocenters. The molecule has 0 amide bonds. The number of rotatable bonds is 44. The van der Waals surface area contributed by atoms with Crippen molar-refractivity contribution in [2.75, 3.05) is 13.2 Å². The molecule has 64 heavy (non-hydrogen) atoms. The van der Waals surface area contributed by atoms with Gasteiger partial charge in [-0.3, -0.25) is 14.4 Å². The zero-order valence-electron chi connectivity index (χ0n) is 41.0. The predicted molar refractivity (Wildman–Crippen MR) is 274 cm³/mol. The van der Waals surface area contributed by atoms with Crippen molar-refractivity contribution in [1.82, 2.24) is 0 Å². The van der Waals surface area contributed by atoms with Crippen LogP contribution in [0.4, 0.5) is 0 Å². The molecule has 0 aromatic heterocycles. The minimum absolute atomic E-state index is 0.114. The van der Waals surface area contributed by atoms with E-state index in [9.17, 15) is 14.4 Å². The highest BCUT2D eigenvalue weighted by Gasteiger charge is 2.19. The molecule has 0 rings (SSSR count). The van der Waals surface area contributed by atoms with E-state index in [1.54, 1.807) is 0 Å². The van der Waals surface area contributed by atoms with E-state index in [4.69, 9.17) is 14.2 Å². The fourth-order valence-corrected chi connectivity index (χ4v) is 6.46. The summed E-state index contributed by atoms with van der Waals surface area (Å²) in [6.07, 6.45) is 70.7. The van der Waals surface area contributed by atoms with Crippen molar-refractivity contribution in [2.24, 2.45) is 0 Å². The van der Waals surface area contributed by atoms with Gasteiger partial charge in [0, 0.05) is 19.3 Å². The first-order valence-electron chi connectivity index (χ1n) is 25.5. The summed E-state index contributed by atoms with van der Waals surface area (Å²) in [4.78, 5) is 37.8. The first-order chi connectivity index (χ1) is 31.5. The average molecular weight is 885 g/mol. The van der Waals surface area contributed by atoms with E-state index in [0.717, 1.165) is 116 Å². The highest BCUT2D eigenvalue weighted by molar-refractivity contribution is 5.71. The Kier molecular flexibility index (Phi) is 48.1. The molecule has 0 aliphatic carbocycles. The summed E-state index contributed by atoms with van der Waals surface area (Å²) in [6.45, 7) is 6.28. The number of allylic oxidation sites excluding steroid dienone is 20. The van der Waals surface area contributed by atoms with Crippen molar-refractivity contribution >= 4 is 17.9 Å². The number of unbranched alkanes of at least 4 members (excludes halogenated alkanes) is 13. The van der Waals surface area contributed by atoms with Crippen LogP contribution in [0.15, 0.2) is 122 Å². The zero-order chi connectivity index (χ0) is 46.5. The lowest BCUT2D eigenvalue weighted by molar-refractivity contribution is -0.166. The molecule has 0 aliphatic heterocycles. The Labute approximate surface area is 392 Å². The fourth-order valence-electron chi connectivity index (χ4n) is 6.46. The second kappa shape index (κ2) is 51.4. The highest BCUT2D eigenvalue weighted by atomic mass is 16.6. The van der Waals surface area contributed by atoms with Gasteiger partial charge in [-0.05, 0) is 96.3 Å². The third kappa shape index (κ3) is 48.8. The number of hydrogen-bond donors (Lipinski definition) is 0. The second-order valence-corrected chi connectivity index (χ2v) is 16.3. The Balaban J connectivity index is 4.35. The standard InChI is InChI=1S/C58H92O6/c1-4-7-10-13-16-19-21-23-24-25-26-27-28-29-30-31-32-33-34-36-37-39-42-45-48-51-57(60)63-54-55(53-62-56(59)50-47-44-41-18-15-12-9-6-3)64-58(61)52-49-46-43-40-38-35-22-20-17-14-11-8-5-2/h7-8,10-11,16-17,19-20,23-24,26-27,29-30,32-33,35,38,43,46,55H,4-6,9,12-15,18,21-22,25,28,31,34,36-37,39-42,44-45,47-54H2,1-3H3/b10-7-,11-8-,19-16-,20-17-,24-23-,27-26-,30-29-,33-32-,38-35-,46-43-. The monoisotopic (exact) mass is 885 g/mol. The summed E-state index contributed by atoms with van der Waals surface area (Å²) in [5, 5.41) is 0. The van der Waals surface area contributed by atoms with Crippen molar-refractivity contribution in [1.29, 1.82) is 0 Å². The van der Waals surface area contributed by atoms with Crippen LogP contribution in [0.1, 0.15) is 207 Å². The van der Waals surface area contributed by atoms with Crippen LogP contribution in [0.25, 0.3) is 0 Å². The predicted octanol–water partition coefficient (Wildman–Crippen LogP) is 16.9. The van der Waals surface area contributed by atoms with Gasteiger partial charge in [0.1, 0.15) is 13.2 Å². The molecule has 0 fully saturated rings. The summed E-state index contributed by atoms with van der Waals surface area (Å²) < 4.78 is 16.6. The summed E-state index contributed by atoms with van der Waals surface area (Å²) in [5.41, 5.74) is 0. The zero-order valence-corrected chi connectivity index (χ0v) is 41.0. The van der Waals surface area contributed by atoms with Crippen LogP contribution in [0.3, 0.4) is 0 Å². The van der Waals surface area contributed by atoms with Crippen molar-refractivity contribution in [3.05, 3.63) is 122 Å². The molecule has 6 nitrogen and oxygen atoms in total. The molecule has 0 saturated heterocycles. The molecule has 360 valence electrons. The van der Waals surface area contributed by atoms with Crippen molar-refractivity contribution in [3.8, 4) is 0 Å². The van der Waals surface area contributed by atoms with E-state index in [2.05, 4.69) is 130 Å². The van der Waals surface area contributed by atoms with Gasteiger partial charge >= 0.3 is 17.9 Å². The van der Waals surface area contributed by atoms with Crippen LogP contribution < -0.4 is 0 Å². The van der Waals surface area contributed by atoms with Crippen LogP contribution in [0.5, 0.6) is 0 Å². The first-order valence-corrected chi connectivity index (χ1v) is 25.5. The van der Waals surface area contributed by atoms with E-state index >= 15 is 0 Å². The normalized spacial score (nSPS) is 13.1. The Morgan fingerprint density at radius 1 is 0.328 bits per heavy atom. The molecule has 0 N–H and O–H groups in total. The van der Waals surface area contributed by atoms with Crippen molar-refractivity contribution in [2.45, 2.75) is 213 Å². The summed E-state index contributed by atoms with van der Waals surface area (Å²) in [7, 11) is 0. The van der Waals surface area contributed by atoms with Gasteiger partial charge in [-0.1, -0.05) is 213 Å². The van der Waals surface area contributed by atoms with Crippen molar-refractivity contribution in [3.63, 3.8) is 0 Å². The molecule has 0 saturated carbocycles. The van der Waals surface area contributed by atoms with Crippen LogP contribution in [-0.2, 0) is 28.6 Å². The lowest BCUT2D eigenvalue weighted by Gasteiger charge is -2.18. The molecule has 0 heterocycles. The van der Waals surface area contributed by atoms with Gasteiger partial charge in [-0.2, -0.15) is 0 Å². The van der Waals surface area contributed by atoms with E-state index in [1.807, 2.05) is 12.2 Å². The average Bonchev–Trinajstić information content (AvgIpc) is 3.29. The van der Waals surface area contributed by atoms with Crippen LogP contribution in [-0.4, -0.2) is 37.2 Å². The lowest BCUT2D eigenvalue weighted by Crippen LogP contribution is -2.30. The highest BCUT2D eigenvalue weighted by Crippen LogP contribution is 2.12. The first kappa shape index (κ1) is 59.8. The Hall–Kier alpha value is -4.19. The maximum atomic E-state index is 12.7. The summed E-state index contributed by atoms with van der Waals surface area (Å²) in [6, 6.07) is 0. The van der Waals surface area contributed by atoms with Gasteiger partial charge < -0.3 is 14.2 Å². The van der Waals surface area contributed by atoms with Crippen molar-refractivity contribution < 1.29 is 28.6 Å². The molecule has 0 radical (unpaired) electrons. The molecule has 0 aliphatic rings. The number of ether oxygens (including phenoxy) is 3. The number of hydrogen-bond acceptors (Lipinski definition) is 6. The summed E-state index contributed by atoms with van der Waals surface area (Å²) >= 11 is 0. The van der Waals surface area contributed by atoms with E-state index in [1.165, 1.54) is 44.9 Å². The van der Waals surface area contributed by atoms with Gasteiger partial charge in [0.25, 0.3) is 0 Å². The maximum Gasteiger partial charge on any atom is 0.306 e. The number of carbonyl (C=O) groups is 3. The van der Waals surface area contributed by atoms with Crippen LogP contribution in [0, 0.1) is 0 Å².